The summed E-state index contributed by atoms with van der Waals surface area (Å²) in [7, 11) is 0.534. The van der Waals surface area contributed by atoms with E-state index in [2.05, 4.69) is 24.5 Å². The Bertz CT molecular complexity index is 1260. The molecule has 4 rings (SSSR count). The number of alkyl halides is 2. The first kappa shape index (κ1) is 30.5. The van der Waals surface area contributed by atoms with Gasteiger partial charge in [-0.1, -0.05) is 25.7 Å². The smallest absolute Gasteiger partial charge is 0.410 e. The quantitative estimate of drug-likeness (QED) is 0.356. The average molecular weight is 582 g/mol. The standard InChI is InChI=1S/C28H45F2N5O4Si/c1-27(2,3)39-26(37)34-12-11-23(28(29,30)19-34)33-15-13-32(14-16-33)21-9-8-10-22-24(21)31(4)25(36)35(22)20-38-17-18-40(5,6)7/h8-10,23H,11-20H2,1-7H3. The zero-order chi connectivity index (χ0) is 29.5. The number of nitrogens with zero attached hydrogens (tertiary/aromatic N) is 5. The molecule has 2 aliphatic rings. The lowest BCUT2D eigenvalue weighted by Crippen LogP contribution is -2.62. The van der Waals surface area contributed by atoms with Gasteiger partial charge in [0.05, 0.1) is 29.3 Å². The number of carbonyl (C=O) groups is 1. The Morgan fingerprint density at radius 3 is 2.38 bits per heavy atom. The minimum Gasteiger partial charge on any atom is -0.444 e. The number of imidazole rings is 1. The third-order valence-corrected chi connectivity index (χ3v) is 9.37. The van der Waals surface area contributed by atoms with Crippen molar-refractivity contribution in [1.82, 2.24) is 18.9 Å². The summed E-state index contributed by atoms with van der Waals surface area (Å²) in [5, 5.41) is 0. The van der Waals surface area contributed by atoms with Gasteiger partial charge < -0.3 is 19.3 Å². The fourth-order valence-corrected chi connectivity index (χ4v) is 6.27. The van der Waals surface area contributed by atoms with Gasteiger partial charge in [0.15, 0.2) is 0 Å². The molecule has 0 spiro atoms. The zero-order valence-corrected chi connectivity index (χ0v) is 26.0. The van der Waals surface area contributed by atoms with Crippen molar-refractivity contribution < 1.29 is 23.0 Å². The van der Waals surface area contributed by atoms with Crippen molar-refractivity contribution in [2.24, 2.45) is 7.05 Å². The molecular formula is C28H45F2N5O4Si. The van der Waals surface area contributed by atoms with Crippen molar-refractivity contribution in [1.29, 1.82) is 0 Å². The number of fused-ring (bicyclic) bond motifs is 1. The Kier molecular flexibility index (Phi) is 8.73. The Balaban J connectivity index is 1.42. The predicted octanol–water partition coefficient (Wildman–Crippen LogP) is 4.42. The van der Waals surface area contributed by atoms with Crippen molar-refractivity contribution in [3.63, 3.8) is 0 Å². The highest BCUT2D eigenvalue weighted by Crippen LogP contribution is 2.34. The van der Waals surface area contributed by atoms with E-state index in [4.69, 9.17) is 9.47 Å². The molecule has 1 unspecified atom stereocenters. The number of aromatic nitrogens is 2. The number of ether oxygens (including phenoxy) is 2. The molecule has 12 heteroatoms. The number of hydrogen-bond donors (Lipinski definition) is 0. The maximum Gasteiger partial charge on any atom is 0.410 e. The van der Waals surface area contributed by atoms with Gasteiger partial charge >= 0.3 is 11.8 Å². The molecule has 1 amide bonds. The molecule has 224 valence electrons. The number of anilines is 1. The number of para-hydroxylation sites is 1. The van der Waals surface area contributed by atoms with E-state index in [9.17, 15) is 9.59 Å². The molecule has 0 aliphatic carbocycles. The zero-order valence-electron chi connectivity index (χ0n) is 25.0. The van der Waals surface area contributed by atoms with Crippen molar-refractivity contribution in [2.75, 3.05) is 50.8 Å². The number of piperidine rings is 1. The molecule has 1 aromatic carbocycles. The number of halogens is 2. The highest BCUT2D eigenvalue weighted by Gasteiger charge is 2.49. The highest BCUT2D eigenvalue weighted by molar-refractivity contribution is 6.76. The summed E-state index contributed by atoms with van der Waals surface area (Å²) in [6.07, 6.45) is -0.501. The Labute approximate surface area is 236 Å². The van der Waals surface area contributed by atoms with Crippen LogP contribution in [0.1, 0.15) is 27.2 Å². The van der Waals surface area contributed by atoms with E-state index in [-0.39, 0.29) is 25.4 Å². The molecular weight excluding hydrogens is 536 g/mol. The van der Waals surface area contributed by atoms with Crippen molar-refractivity contribution in [3.8, 4) is 0 Å². The number of amides is 1. The molecule has 3 heterocycles. The van der Waals surface area contributed by atoms with Crippen LogP contribution in [-0.2, 0) is 23.3 Å². The fraction of sp³-hybridized carbons (Fsp3) is 0.714. The van der Waals surface area contributed by atoms with E-state index in [0.717, 1.165) is 27.7 Å². The van der Waals surface area contributed by atoms with Crippen molar-refractivity contribution >= 4 is 30.9 Å². The summed E-state index contributed by atoms with van der Waals surface area (Å²) >= 11 is 0. The molecule has 2 saturated heterocycles. The van der Waals surface area contributed by atoms with E-state index in [0.29, 0.717) is 32.8 Å². The largest absolute Gasteiger partial charge is 0.444 e. The van der Waals surface area contributed by atoms with Gasteiger partial charge in [-0.2, -0.15) is 0 Å². The van der Waals surface area contributed by atoms with Gasteiger partial charge in [0, 0.05) is 54.5 Å². The average Bonchev–Trinajstić information content (AvgIpc) is 3.09. The highest BCUT2D eigenvalue weighted by atomic mass is 28.3. The lowest BCUT2D eigenvalue weighted by molar-refractivity contribution is -0.126. The van der Waals surface area contributed by atoms with Crippen LogP contribution in [-0.4, -0.2) is 96.5 Å². The topological polar surface area (TPSA) is 72.2 Å². The summed E-state index contributed by atoms with van der Waals surface area (Å²) in [6, 6.07) is 5.95. The molecule has 1 aromatic heterocycles. The number of aryl methyl sites for hydroxylation is 1. The number of carbonyl (C=O) groups excluding carboxylic acids is 1. The monoisotopic (exact) mass is 581 g/mol. The number of hydrogen-bond acceptors (Lipinski definition) is 6. The molecule has 2 fully saturated rings. The molecule has 9 nitrogen and oxygen atoms in total. The Morgan fingerprint density at radius 1 is 1.10 bits per heavy atom. The van der Waals surface area contributed by atoms with Gasteiger partial charge in [-0.15, -0.1) is 0 Å². The first-order valence-corrected chi connectivity index (χ1v) is 17.9. The van der Waals surface area contributed by atoms with Crippen LogP contribution in [0.5, 0.6) is 0 Å². The number of piperazine rings is 1. The lowest BCUT2D eigenvalue weighted by Gasteiger charge is -2.46. The number of likely N-dealkylation sites (tertiary alicyclic amines) is 1. The molecule has 2 aliphatic heterocycles. The van der Waals surface area contributed by atoms with Crippen LogP contribution in [0.25, 0.3) is 11.0 Å². The molecule has 0 radical (unpaired) electrons. The molecule has 0 saturated carbocycles. The van der Waals surface area contributed by atoms with Crippen LogP contribution in [0.4, 0.5) is 19.3 Å². The maximum absolute atomic E-state index is 15.3. The van der Waals surface area contributed by atoms with E-state index in [1.807, 2.05) is 23.1 Å². The SMILES string of the molecule is Cn1c(=O)n(COCC[Si](C)(C)C)c2cccc(N3CCN(C4CCN(C(=O)OC(C)(C)C)CC4(F)F)CC3)c21. The van der Waals surface area contributed by atoms with Gasteiger partial charge in [-0.25, -0.2) is 18.4 Å². The van der Waals surface area contributed by atoms with Crippen molar-refractivity contribution in [2.45, 2.75) is 77.2 Å². The van der Waals surface area contributed by atoms with Gasteiger partial charge in [0.1, 0.15) is 12.3 Å². The van der Waals surface area contributed by atoms with Crippen molar-refractivity contribution in [3.05, 3.63) is 28.7 Å². The predicted molar refractivity (Wildman–Crippen MR) is 156 cm³/mol. The molecule has 0 N–H and O–H groups in total. The summed E-state index contributed by atoms with van der Waals surface area (Å²) in [4.78, 5) is 30.6. The van der Waals surface area contributed by atoms with Gasteiger partial charge in [0.2, 0.25) is 0 Å². The second kappa shape index (κ2) is 11.4. The fourth-order valence-electron chi connectivity index (χ4n) is 5.51. The summed E-state index contributed by atoms with van der Waals surface area (Å²) in [5.41, 5.74) is 1.69. The molecule has 0 bridgehead atoms. The lowest BCUT2D eigenvalue weighted by atomic mass is 9.98. The maximum atomic E-state index is 15.3. The first-order valence-electron chi connectivity index (χ1n) is 14.2. The number of benzene rings is 1. The van der Waals surface area contributed by atoms with Crippen LogP contribution in [0.15, 0.2) is 23.0 Å². The van der Waals surface area contributed by atoms with E-state index >= 15 is 8.78 Å². The summed E-state index contributed by atoms with van der Waals surface area (Å²) in [5.74, 6) is -3.03. The van der Waals surface area contributed by atoms with Crippen LogP contribution in [0, 0.1) is 0 Å². The third kappa shape index (κ3) is 6.88. The van der Waals surface area contributed by atoms with Crippen LogP contribution >= 0.6 is 0 Å². The number of rotatable bonds is 7. The summed E-state index contributed by atoms with van der Waals surface area (Å²) < 4.78 is 45.0. The molecule has 40 heavy (non-hydrogen) atoms. The van der Waals surface area contributed by atoms with Crippen LogP contribution in [0.2, 0.25) is 25.7 Å². The van der Waals surface area contributed by atoms with Crippen LogP contribution < -0.4 is 10.6 Å². The molecule has 2 aromatic rings. The van der Waals surface area contributed by atoms with Gasteiger partial charge in [-0.05, 0) is 45.4 Å². The van der Waals surface area contributed by atoms with E-state index in [1.165, 1.54) is 0 Å². The normalized spacial score (nSPS) is 20.8. The van der Waals surface area contributed by atoms with Gasteiger partial charge in [-0.3, -0.25) is 14.0 Å². The summed E-state index contributed by atoms with van der Waals surface area (Å²) in [6.45, 7) is 14.6. The second-order valence-electron chi connectivity index (χ2n) is 13.3. The van der Waals surface area contributed by atoms with Crippen LogP contribution in [0.3, 0.4) is 0 Å². The van der Waals surface area contributed by atoms with E-state index in [1.54, 1.807) is 37.0 Å². The van der Waals surface area contributed by atoms with Gasteiger partial charge in [0.25, 0.3) is 5.92 Å². The van der Waals surface area contributed by atoms with E-state index < -0.39 is 38.3 Å². The molecule has 1 atom stereocenters. The minimum atomic E-state index is -3.03. The third-order valence-electron chi connectivity index (χ3n) is 7.66. The Morgan fingerprint density at radius 2 is 1.77 bits per heavy atom. The minimum absolute atomic E-state index is 0.134. The first-order chi connectivity index (χ1) is 18.6. The second-order valence-corrected chi connectivity index (χ2v) is 18.9. The Hall–Kier alpha value is -2.44.